The van der Waals surface area contributed by atoms with Gasteiger partial charge in [-0.15, -0.1) is 0 Å². The Morgan fingerprint density at radius 1 is 0.909 bits per heavy atom. The van der Waals surface area contributed by atoms with Gasteiger partial charge in [0.25, 0.3) is 5.91 Å². The fourth-order valence-electron chi connectivity index (χ4n) is 3.31. The number of ketones is 1. The molecular weight excluding hydrogens is 418 g/mol. The summed E-state index contributed by atoms with van der Waals surface area (Å²) in [6.45, 7) is 1.23. The number of nitrogens with one attached hydrogen (secondary N) is 1. The second-order valence-corrected chi connectivity index (χ2v) is 7.29. The molecule has 0 fully saturated rings. The number of ether oxygens (including phenoxy) is 2. The van der Waals surface area contributed by atoms with Gasteiger partial charge in [0, 0.05) is 17.2 Å². The van der Waals surface area contributed by atoms with Gasteiger partial charge in [-0.05, 0) is 37.3 Å². The number of carbonyl (C=O) groups is 2. The second kappa shape index (κ2) is 9.82. The summed E-state index contributed by atoms with van der Waals surface area (Å²) in [5.41, 5.74) is 2.99. The van der Waals surface area contributed by atoms with Gasteiger partial charge in [0.15, 0.2) is 23.9 Å². The van der Waals surface area contributed by atoms with E-state index in [1.54, 1.807) is 22.9 Å². The number of rotatable bonds is 8. The number of nitrogens with zero attached hydrogens (tertiary/aromatic N) is 2. The first-order valence-corrected chi connectivity index (χ1v) is 10.4. The highest BCUT2D eigenvalue weighted by Gasteiger charge is 2.15. The number of hydrogen-bond donors (Lipinski definition) is 1. The van der Waals surface area contributed by atoms with Crippen LogP contribution < -0.4 is 14.8 Å². The summed E-state index contributed by atoms with van der Waals surface area (Å²) < 4.78 is 12.6. The molecule has 0 spiro atoms. The Morgan fingerprint density at radius 2 is 1.61 bits per heavy atom. The number of benzene rings is 3. The molecule has 3 aromatic carbocycles. The zero-order valence-corrected chi connectivity index (χ0v) is 18.3. The SMILES string of the molecule is COc1cc(C(C)=O)ccc1OCC(=O)Nc1cc(-c2ccccc2)nn1-c1ccccc1. The minimum Gasteiger partial charge on any atom is -0.493 e. The summed E-state index contributed by atoms with van der Waals surface area (Å²) in [7, 11) is 1.48. The lowest BCUT2D eigenvalue weighted by Crippen LogP contribution is -2.22. The van der Waals surface area contributed by atoms with Gasteiger partial charge in [-0.2, -0.15) is 5.10 Å². The molecule has 1 N–H and O–H groups in total. The summed E-state index contributed by atoms with van der Waals surface area (Å²) in [6, 6.07) is 26.0. The zero-order valence-electron chi connectivity index (χ0n) is 18.3. The minimum absolute atomic E-state index is 0.0824. The van der Waals surface area contributed by atoms with Gasteiger partial charge in [-0.25, -0.2) is 4.68 Å². The van der Waals surface area contributed by atoms with Gasteiger partial charge in [-0.3, -0.25) is 9.59 Å². The van der Waals surface area contributed by atoms with Crippen LogP contribution in [0.5, 0.6) is 11.5 Å². The van der Waals surface area contributed by atoms with Crippen LogP contribution in [0.25, 0.3) is 16.9 Å². The summed E-state index contributed by atoms with van der Waals surface area (Å²) >= 11 is 0. The van der Waals surface area contributed by atoms with E-state index >= 15 is 0 Å². The number of hydrogen-bond acceptors (Lipinski definition) is 5. The van der Waals surface area contributed by atoms with Crippen molar-refractivity contribution in [1.29, 1.82) is 0 Å². The summed E-state index contributed by atoms with van der Waals surface area (Å²) in [4.78, 5) is 24.3. The highest BCUT2D eigenvalue weighted by Crippen LogP contribution is 2.29. The monoisotopic (exact) mass is 441 g/mol. The highest BCUT2D eigenvalue weighted by atomic mass is 16.5. The zero-order chi connectivity index (χ0) is 23.2. The van der Waals surface area contributed by atoms with E-state index in [9.17, 15) is 9.59 Å². The van der Waals surface area contributed by atoms with E-state index in [0.717, 1.165) is 16.9 Å². The molecule has 166 valence electrons. The average Bonchev–Trinajstić information content (AvgIpc) is 3.27. The number of carbonyl (C=O) groups excluding carboxylic acids is 2. The fourth-order valence-corrected chi connectivity index (χ4v) is 3.31. The van der Waals surface area contributed by atoms with Gasteiger partial charge >= 0.3 is 0 Å². The van der Waals surface area contributed by atoms with Gasteiger partial charge in [-0.1, -0.05) is 48.5 Å². The molecule has 4 rings (SSSR count). The Morgan fingerprint density at radius 3 is 2.27 bits per heavy atom. The topological polar surface area (TPSA) is 82.4 Å². The van der Waals surface area contributed by atoms with Crippen molar-refractivity contribution >= 4 is 17.5 Å². The van der Waals surface area contributed by atoms with Crippen molar-refractivity contribution in [3.63, 3.8) is 0 Å². The Hall–Kier alpha value is -4.39. The molecule has 0 bridgehead atoms. The average molecular weight is 441 g/mol. The predicted octanol–water partition coefficient (Wildman–Crippen LogP) is 4.77. The lowest BCUT2D eigenvalue weighted by Gasteiger charge is -2.12. The van der Waals surface area contributed by atoms with Gasteiger partial charge < -0.3 is 14.8 Å². The van der Waals surface area contributed by atoms with Crippen LogP contribution in [0.4, 0.5) is 5.82 Å². The van der Waals surface area contributed by atoms with Crippen LogP contribution in [0.3, 0.4) is 0 Å². The Kier molecular flexibility index (Phi) is 6.50. The molecule has 4 aromatic rings. The maximum atomic E-state index is 12.7. The molecule has 1 aromatic heterocycles. The number of para-hydroxylation sites is 1. The molecule has 7 heteroatoms. The Bertz CT molecular complexity index is 1270. The van der Waals surface area contributed by atoms with Crippen molar-refractivity contribution in [2.24, 2.45) is 0 Å². The largest absolute Gasteiger partial charge is 0.493 e. The third-order valence-electron chi connectivity index (χ3n) is 4.98. The summed E-state index contributed by atoms with van der Waals surface area (Å²) in [5.74, 6) is 0.841. The second-order valence-electron chi connectivity index (χ2n) is 7.29. The normalized spacial score (nSPS) is 10.5. The first kappa shape index (κ1) is 21.8. The van der Waals surface area contributed by atoms with E-state index in [-0.39, 0.29) is 18.3 Å². The van der Waals surface area contributed by atoms with E-state index < -0.39 is 0 Å². The summed E-state index contributed by atoms with van der Waals surface area (Å²) in [6.07, 6.45) is 0. The minimum atomic E-state index is -0.357. The molecule has 0 saturated carbocycles. The van der Waals surface area contributed by atoms with E-state index in [4.69, 9.17) is 9.47 Å². The van der Waals surface area contributed by atoms with Crippen molar-refractivity contribution in [2.75, 3.05) is 19.0 Å². The third kappa shape index (κ3) is 5.10. The molecule has 33 heavy (non-hydrogen) atoms. The van der Waals surface area contributed by atoms with Crippen molar-refractivity contribution < 1.29 is 19.1 Å². The molecule has 0 aliphatic carbocycles. The molecule has 0 atom stereocenters. The van der Waals surface area contributed by atoms with Crippen molar-refractivity contribution in [1.82, 2.24) is 9.78 Å². The van der Waals surface area contributed by atoms with Crippen LogP contribution in [0, 0.1) is 0 Å². The van der Waals surface area contributed by atoms with E-state index in [2.05, 4.69) is 10.4 Å². The first-order valence-electron chi connectivity index (χ1n) is 10.4. The van der Waals surface area contributed by atoms with Crippen LogP contribution in [-0.4, -0.2) is 35.2 Å². The Labute approximate surface area is 191 Å². The van der Waals surface area contributed by atoms with E-state index in [1.807, 2.05) is 66.7 Å². The Balaban J connectivity index is 1.54. The molecule has 0 unspecified atom stereocenters. The molecular formula is C26H23N3O4. The lowest BCUT2D eigenvalue weighted by molar-refractivity contribution is -0.118. The number of Topliss-reactive ketones (excluding diaryl/α,β-unsaturated/α-hetero) is 1. The summed E-state index contributed by atoms with van der Waals surface area (Å²) in [5, 5.41) is 7.56. The number of aromatic nitrogens is 2. The van der Waals surface area contributed by atoms with Crippen molar-refractivity contribution in [2.45, 2.75) is 6.92 Å². The van der Waals surface area contributed by atoms with Gasteiger partial charge in [0.2, 0.25) is 0 Å². The van der Waals surface area contributed by atoms with Gasteiger partial charge in [0.05, 0.1) is 18.5 Å². The van der Waals surface area contributed by atoms with Crippen LogP contribution >= 0.6 is 0 Å². The fraction of sp³-hybridized carbons (Fsp3) is 0.115. The van der Waals surface area contributed by atoms with Crippen molar-refractivity contribution in [3.8, 4) is 28.4 Å². The maximum absolute atomic E-state index is 12.7. The highest BCUT2D eigenvalue weighted by molar-refractivity contribution is 5.95. The smallest absolute Gasteiger partial charge is 0.263 e. The number of methoxy groups -OCH3 is 1. The van der Waals surface area contributed by atoms with Crippen molar-refractivity contribution in [3.05, 3.63) is 90.5 Å². The predicted molar refractivity (Wildman–Crippen MR) is 126 cm³/mol. The van der Waals surface area contributed by atoms with E-state index in [0.29, 0.717) is 22.9 Å². The maximum Gasteiger partial charge on any atom is 0.263 e. The molecule has 0 radical (unpaired) electrons. The molecule has 0 aliphatic rings. The van der Waals surface area contributed by atoms with Crippen LogP contribution in [0.1, 0.15) is 17.3 Å². The molecule has 0 saturated heterocycles. The lowest BCUT2D eigenvalue weighted by atomic mass is 10.1. The standard InChI is InChI=1S/C26H23N3O4/c1-18(30)20-13-14-23(24(15-20)32-2)33-17-26(31)27-25-16-22(19-9-5-3-6-10-19)28-29(25)21-11-7-4-8-12-21/h3-16H,17H2,1-2H3,(H,27,31). The number of anilines is 1. The number of amides is 1. The molecule has 7 nitrogen and oxygen atoms in total. The quantitative estimate of drug-likeness (QED) is 0.399. The third-order valence-corrected chi connectivity index (χ3v) is 4.98. The van der Waals surface area contributed by atoms with E-state index in [1.165, 1.54) is 14.0 Å². The first-order chi connectivity index (χ1) is 16.0. The van der Waals surface area contributed by atoms with Crippen LogP contribution in [-0.2, 0) is 4.79 Å². The molecule has 1 heterocycles. The van der Waals surface area contributed by atoms with Crippen LogP contribution in [0.2, 0.25) is 0 Å². The van der Waals surface area contributed by atoms with Crippen LogP contribution in [0.15, 0.2) is 84.9 Å². The molecule has 1 amide bonds. The van der Waals surface area contributed by atoms with Gasteiger partial charge in [0.1, 0.15) is 5.82 Å². The molecule has 0 aliphatic heterocycles.